The largest absolute Gasteiger partial charge is 0.363 e. The van der Waals surface area contributed by atoms with Crippen LogP contribution in [0.25, 0.3) is 0 Å². The third-order valence-electron chi connectivity index (χ3n) is 3.04. The zero-order chi connectivity index (χ0) is 13.6. The summed E-state index contributed by atoms with van der Waals surface area (Å²) in [6, 6.07) is 3.68. The quantitative estimate of drug-likeness (QED) is 0.826. The van der Waals surface area contributed by atoms with Crippen LogP contribution >= 0.6 is 0 Å². The molecular formula is C12H16FNO3S. The van der Waals surface area contributed by atoms with E-state index < -0.39 is 21.4 Å². The summed E-state index contributed by atoms with van der Waals surface area (Å²) in [6.45, 7) is 5.57. The smallest absolute Gasteiger partial charge is 0.245 e. The monoisotopic (exact) mass is 273 g/mol. The molecule has 0 radical (unpaired) electrons. The zero-order valence-corrected chi connectivity index (χ0v) is 11.4. The van der Waals surface area contributed by atoms with Gasteiger partial charge in [-0.1, -0.05) is 0 Å². The van der Waals surface area contributed by atoms with Gasteiger partial charge in [0, 0.05) is 0 Å². The second kappa shape index (κ2) is 4.29. The molecule has 1 aliphatic heterocycles. The molecule has 1 fully saturated rings. The second-order valence-electron chi connectivity index (χ2n) is 5.05. The summed E-state index contributed by atoms with van der Waals surface area (Å²) in [7, 11) is -3.65. The van der Waals surface area contributed by atoms with Gasteiger partial charge in [0.25, 0.3) is 0 Å². The molecule has 1 saturated heterocycles. The first kappa shape index (κ1) is 13.5. The van der Waals surface area contributed by atoms with Gasteiger partial charge in [-0.2, -0.15) is 4.31 Å². The van der Waals surface area contributed by atoms with Crippen molar-refractivity contribution in [2.24, 2.45) is 0 Å². The molecule has 0 amide bonds. The van der Waals surface area contributed by atoms with E-state index in [-0.39, 0.29) is 11.6 Å². The minimum absolute atomic E-state index is 0.0339. The molecule has 0 bridgehead atoms. The molecule has 1 heterocycles. The van der Waals surface area contributed by atoms with Gasteiger partial charge in [-0.25, -0.2) is 12.8 Å². The normalized spacial score (nSPS) is 20.2. The first-order valence-corrected chi connectivity index (χ1v) is 7.06. The van der Waals surface area contributed by atoms with Crippen molar-refractivity contribution in [3.05, 3.63) is 29.6 Å². The minimum atomic E-state index is -3.65. The van der Waals surface area contributed by atoms with Crippen LogP contribution < -0.4 is 0 Å². The van der Waals surface area contributed by atoms with E-state index in [4.69, 9.17) is 4.74 Å². The Hall–Kier alpha value is -0.980. The Morgan fingerprint density at radius 3 is 2.56 bits per heavy atom. The van der Waals surface area contributed by atoms with Crippen molar-refractivity contribution in [3.63, 3.8) is 0 Å². The highest BCUT2D eigenvalue weighted by Crippen LogP contribution is 2.30. The van der Waals surface area contributed by atoms with E-state index in [1.807, 2.05) is 0 Å². The standard InChI is InChI=1S/C12H16FNO3S/c1-9-6-10(13)4-5-11(9)18(15,16)14-8-17-7-12(14,2)3/h4-6H,7-8H2,1-3H3. The molecule has 1 aliphatic rings. The zero-order valence-electron chi connectivity index (χ0n) is 10.6. The van der Waals surface area contributed by atoms with Crippen LogP contribution in [-0.4, -0.2) is 31.6 Å². The van der Waals surface area contributed by atoms with Crippen molar-refractivity contribution in [3.8, 4) is 0 Å². The fourth-order valence-corrected chi connectivity index (χ4v) is 3.90. The molecule has 0 aromatic heterocycles. The molecule has 0 aliphatic carbocycles. The van der Waals surface area contributed by atoms with Crippen molar-refractivity contribution in [1.82, 2.24) is 4.31 Å². The second-order valence-corrected chi connectivity index (χ2v) is 6.88. The Kier molecular flexibility index (Phi) is 3.21. The number of rotatable bonds is 2. The number of nitrogens with zero attached hydrogens (tertiary/aromatic N) is 1. The maximum Gasteiger partial charge on any atom is 0.245 e. The summed E-state index contributed by atoms with van der Waals surface area (Å²) in [5, 5.41) is 0. The van der Waals surface area contributed by atoms with Crippen LogP contribution in [-0.2, 0) is 14.8 Å². The number of halogens is 1. The van der Waals surface area contributed by atoms with Crippen LogP contribution in [0.2, 0.25) is 0 Å². The fraction of sp³-hybridized carbons (Fsp3) is 0.500. The van der Waals surface area contributed by atoms with Gasteiger partial charge in [0.2, 0.25) is 10.0 Å². The molecule has 1 aromatic rings. The van der Waals surface area contributed by atoms with Gasteiger partial charge in [-0.15, -0.1) is 0 Å². The molecule has 2 rings (SSSR count). The lowest BCUT2D eigenvalue weighted by Gasteiger charge is -2.28. The summed E-state index contributed by atoms with van der Waals surface area (Å²) in [5.41, 5.74) is -0.183. The number of hydrogen-bond acceptors (Lipinski definition) is 3. The van der Waals surface area contributed by atoms with Crippen LogP contribution in [0.1, 0.15) is 19.4 Å². The van der Waals surface area contributed by atoms with Crippen molar-refractivity contribution in [2.45, 2.75) is 31.2 Å². The number of hydrogen-bond donors (Lipinski definition) is 0. The molecule has 6 heteroatoms. The lowest BCUT2D eigenvalue weighted by atomic mass is 10.1. The maximum absolute atomic E-state index is 13.0. The molecular weight excluding hydrogens is 257 g/mol. The molecule has 4 nitrogen and oxygen atoms in total. The highest BCUT2D eigenvalue weighted by molar-refractivity contribution is 7.89. The summed E-state index contributed by atoms with van der Waals surface area (Å²) >= 11 is 0. The van der Waals surface area contributed by atoms with Gasteiger partial charge < -0.3 is 4.74 Å². The third kappa shape index (κ3) is 2.15. The Balaban J connectivity index is 2.49. The van der Waals surface area contributed by atoms with Gasteiger partial charge in [-0.05, 0) is 44.5 Å². The highest BCUT2D eigenvalue weighted by Gasteiger charge is 2.42. The Labute approximate surface area is 106 Å². The first-order chi connectivity index (χ1) is 8.25. The fourth-order valence-electron chi connectivity index (χ4n) is 2.04. The van der Waals surface area contributed by atoms with Gasteiger partial charge in [0.1, 0.15) is 12.5 Å². The van der Waals surface area contributed by atoms with Crippen LogP contribution in [0.15, 0.2) is 23.1 Å². The van der Waals surface area contributed by atoms with Crippen molar-refractivity contribution < 1.29 is 17.5 Å². The summed E-state index contributed by atoms with van der Waals surface area (Å²) in [6.07, 6.45) is 0. The number of sulfonamides is 1. The summed E-state index contributed by atoms with van der Waals surface area (Å²) in [4.78, 5) is 0.127. The average molecular weight is 273 g/mol. The minimum Gasteiger partial charge on any atom is -0.363 e. The van der Waals surface area contributed by atoms with E-state index in [1.165, 1.54) is 16.4 Å². The molecule has 0 unspecified atom stereocenters. The number of aryl methyl sites for hydroxylation is 1. The molecule has 18 heavy (non-hydrogen) atoms. The van der Waals surface area contributed by atoms with Gasteiger partial charge in [0.15, 0.2) is 0 Å². The van der Waals surface area contributed by atoms with Crippen molar-refractivity contribution in [1.29, 1.82) is 0 Å². The molecule has 0 atom stereocenters. The van der Waals surface area contributed by atoms with Crippen molar-refractivity contribution >= 4 is 10.0 Å². The van der Waals surface area contributed by atoms with Gasteiger partial charge in [-0.3, -0.25) is 0 Å². The number of ether oxygens (including phenoxy) is 1. The average Bonchev–Trinajstić information content (AvgIpc) is 2.58. The lowest BCUT2D eigenvalue weighted by Crippen LogP contribution is -2.44. The third-order valence-corrected chi connectivity index (χ3v) is 5.24. The van der Waals surface area contributed by atoms with Crippen LogP contribution in [0, 0.1) is 12.7 Å². The summed E-state index contributed by atoms with van der Waals surface area (Å²) in [5.74, 6) is -0.441. The first-order valence-electron chi connectivity index (χ1n) is 5.62. The van der Waals surface area contributed by atoms with E-state index in [0.717, 1.165) is 6.07 Å². The topological polar surface area (TPSA) is 46.6 Å². The molecule has 100 valence electrons. The molecule has 0 N–H and O–H groups in total. The maximum atomic E-state index is 13.0. The van der Waals surface area contributed by atoms with Crippen molar-refractivity contribution in [2.75, 3.05) is 13.3 Å². The van der Waals surface area contributed by atoms with Crippen LogP contribution in [0.5, 0.6) is 0 Å². The van der Waals surface area contributed by atoms with E-state index in [9.17, 15) is 12.8 Å². The Bertz CT molecular complexity index is 569. The lowest BCUT2D eigenvalue weighted by molar-refractivity contribution is 0.171. The number of benzene rings is 1. The van der Waals surface area contributed by atoms with Gasteiger partial charge in [0.05, 0.1) is 17.0 Å². The summed E-state index contributed by atoms with van der Waals surface area (Å²) < 4.78 is 44.6. The predicted molar refractivity (Wildman–Crippen MR) is 65.1 cm³/mol. The van der Waals surface area contributed by atoms with Crippen LogP contribution in [0.4, 0.5) is 4.39 Å². The Morgan fingerprint density at radius 1 is 1.39 bits per heavy atom. The van der Waals surface area contributed by atoms with Gasteiger partial charge >= 0.3 is 0 Å². The van der Waals surface area contributed by atoms with E-state index in [2.05, 4.69) is 0 Å². The predicted octanol–water partition coefficient (Wildman–Crippen LogP) is 1.89. The molecule has 1 aromatic carbocycles. The van der Waals surface area contributed by atoms with E-state index in [1.54, 1.807) is 20.8 Å². The molecule has 0 spiro atoms. The molecule has 0 saturated carbocycles. The van der Waals surface area contributed by atoms with Crippen LogP contribution in [0.3, 0.4) is 0 Å². The SMILES string of the molecule is Cc1cc(F)ccc1S(=O)(=O)N1COCC1(C)C. The Morgan fingerprint density at radius 2 is 2.06 bits per heavy atom. The van der Waals surface area contributed by atoms with E-state index in [0.29, 0.717) is 12.2 Å². The highest BCUT2D eigenvalue weighted by atomic mass is 32.2. The van der Waals surface area contributed by atoms with E-state index >= 15 is 0 Å².